The number of rotatable bonds is 3. The molecular weight excluding hydrogens is 328 g/mol. The molecule has 1 unspecified atom stereocenters. The molecule has 0 saturated heterocycles. The molecule has 0 spiro atoms. The Hall–Kier alpha value is -2.41. The molecule has 0 bridgehead atoms. The fourth-order valence-corrected chi connectivity index (χ4v) is 3.66. The highest BCUT2D eigenvalue weighted by atomic mass is 32.1. The van der Waals surface area contributed by atoms with Gasteiger partial charge in [0, 0.05) is 10.4 Å². The van der Waals surface area contributed by atoms with Crippen LogP contribution in [0.15, 0.2) is 18.2 Å². The number of thiazole rings is 1. The third-order valence-corrected chi connectivity index (χ3v) is 4.83. The van der Waals surface area contributed by atoms with E-state index in [1.54, 1.807) is 18.3 Å². The van der Waals surface area contributed by atoms with E-state index >= 15 is 0 Å². The molecule has 126 valence electrons. The number of esters is 1. The van der Waals surface area contributed by atoms with Crippen LogP contribution in [0.1, 0.15) is 16.8 Å². The molecule has 2 heterocycles. The van der Waals surface area contributed by atoms with Gasteiger partial charge >= 0.3 is 5.97 Å². The molecule has 0 N–H and O–H groups in total. The lowest BCUT2D eigenvalue weighted by atomic mass is 10.1. The van der Waals surface area contributed by atoms with Gasteiger partial charge in [-0.3, -0.25) is 9.69 Å². The number of aromatic nitrogens is 1. The second-order valence-corrected chi connectivity index (χ2v) is 6.98. The number of fused-ring (bicyclic) bond motifs is 1. The maximum atomic E-state index is 12.3. The minimum atomic E-state index is -0.723. The van der Waals surface area contributed by atoms with Crippen molar-refractivity contribution >= 4 is 28.9 Å². The third-order valence-electron chi connectivity index (χ3n) is 3.94. The SMILES string of the molecule is COC(=O)C(C)N1C(=O)COc2ccc(-c3nc(C)sc3C)cc21. The predicted octanol–water partition coefficient (Wildman–Crippen LogP) is 2.71. The first kappa shape index (κ1) is 16.4. The first-order chi connectivity index (χ1) is 11.4. The first-order valence-electron chi connectivity index (χ1n) is 7.53. The van der Waals surface area contributed by atoms with Crippen LogP contribution in [0, 0.1) is 13.8 Å². The molecule has 0 fully saturated rings. The quantitative estimate of drug-likeness (QED) is 0.799. The molecular formula is C17H18N2O4S. The molecule has 0 radical (unpaired) electrons. The van der Waals surface area contributed by atoms with E-state index in [2.05, 4.69) is 4.98 Å². The summed E-state index contributed by atoms with van der Waals surface area (Å²) in [5.74, 6) is -0.176. The molecule has 1 aliphatic rings. The Kier molecular flexibility index (Phi) is 4.28. The molecule has 6 nitrogen and oxygen atoms in total. The number of aryl methyl sites for hydroxylation is 2. The van der Waals surface area contributed by atoms with Crippen molar-refractivity contribution in [1.29, 1.82) is 0 Å². The number of nitrogens with zero attached hydrogens (tertiary/aromatic N) is 2. The van der Waals surface area contributed by atoms with Gasteiger partial charge in [-0.1, -0.05) is 0 Å². The van der Waals surface area contributed by atoms with Crippen LogP contribution in [0.3, 0.4) is 0 Å². The smallest absolute Gasteiger partial charge is 0.328 e. The summed E-state index contributed by atoms with van der Waals surface area (Å²) in [6.45, 7) is 5.51. The van der Waals surface area contributed by atoms with Gasteiger partial charge in [-0.15, -0.1) is 11.3 Å². The van der Waals surface area contributed by atoms with Gasteiger partial charge < -0.3 is 9.47 Å². The predicted molar refractivity (Wildman–Crippen MR) is 91.5 cm³/mol. The molecule has 0 saturated carbocycles. The highest BCUT2D eigenvalue weighted by molar-refractivity contribution is 7.11. The van der Waals surface area contributed by atoms with Gasteiger partial charge in [0.15, 0.2) is 6.61 Å². The molecule has 1 aromatic heterocycles. The Morgan fingerprint density at radius 2 is 2.17 bits per heavy atom. The number of anilines is 1. The van der Waals surface area contributed by atoms with Crippen molar-refractivity contribution in [2.24, 2.45) is 0 Å². The number of hydrogen-bond acceptors (Lipinski definition) is 6. The molecule has 2 aromatic rings. The molecule has 1 amide bonds. The monoisotopic (exact) mass is 346 g/mol. The summed E-state index contributed by atoms with van der Waals surface area (Å²) in [5, 5.41) is 0.979. The van der Waals surface area contributed by atoms with Gasteiger partial charge in [0.2, 0.25) is 0 Å². The van der Waals surface area contributed by atoms with E-state index < -0.39 is 12.0 Å². The van der Waals surface area contributed by atoms with Crippen LogP contribution >= 0.6 is 11.3 Å². The van der Waals surface area contributed by atoms with E-state index in [9.17, 15) is 9.59 Å². The molecule has 3 rings (SSSR count). The van der Waals surface area contributed by atoms with Crippen molar-refractivity contribution in [3.05, 3.63) is 28.1 Å². The molecule has 24 heavy (non-hydrogen) atoms. The van der Waals surface area contributed by atoms with Crippen LogP contribution < -0.4 is 9.64 Å². The lowest BCUT2D eigenvalue weighted by Gasteiger charge is -2.32. The number of amides is 1. The molecule has 0 aliphatic carbocycles. The van der Waals surface area contributed by atoms with Gasteiger partial charge in [0.1, 0.15) is 11.8 Å². The van der Waals surface area contributed by atoms with Gasteiger partial charge in [-0.2, -0.15) is 0 Å². The van der Waals surface area contributed by atoms with Crippen LogP contribution in [0.25, 0.3) is 11.3 Å². The minimum Gasteiger partial charge on any atom is -0.482 e. The lowest BCUT2D eigenvalue weighted by Crippen LogP contribution is -2.48. The van der Waals surface area contributed by atoms with Crippen LogP contribution in [-0.4, -0.2) is 36.6 Å². The van der Waals surface area contributed by atoms with Gasteiger partial charge in [-0.25, -0.2) is 9.78 Å². The first-order valence-corrected chi connectivity index (χ1v) is 8.35. The fourth-order valence-electron chi connectivity index (χ4n) is 2.82. The Labute approximate surface area is 144 Å². The largest absolute Gasteiger partial charge is 0.482 e. The normalized spacial score (nSPS) is 14.8. The number of hydrogen-bond donors (Lipinski definition) is 0. The summed E-state index contributed by atoms with van der Waals surface area (Å²) < 4.78 is 10.3. The number of carbonyl (C=O) groups is 2. The average Bonchev–Trinajstić information content (AvgIpc) is 2.91. The fraction of sp³-hybridized carbons (Fsp3) is 0.353. The molecule has 1 aliphatic heterocycles. The topological polar surface area (TPSA) is 68.7 Å². The van der Waals surface area contributed by atoms with Crippen LogP contribution in [-0.2, 0) is 14.3 Å². The zero-order chi connectivity index (χ0) is 17.4. The Bertz CT molecular complexity index is 815. The van der Waals surface area contributed by atoms with Gasteiger partial charge in [0.05, 0.1) is 23.5 Å². The van der Waals surface area contributed by atoms with Crippen LogP contribution in [0.2, 0.25) is 0 Å². The van der Waals surface area contributed by atoms with E-state index in [0.717, 1.165) is 21.1 Å². The van der Waals surface area contributed by atoms with Crippen molar-refractivity contribution in [2.75, 3.05) is 18.6 Å². The Morgan fingerprint density at radius 3 is 2.79 bits per heavy atom. The number of benzene rings is 1. The Balaban J connectivity index is 2.09. The van der Waals surface area contributed by atoms with E-state index in [0.29, 0.717) is 11.4 Å². The van der Waals surface area contributed by atoms with Crippen molar-refractivity contribution in [3.8, 4) is 17.0 Å². The van der Waals surface area contributed by atoms with E-state index in [-0.39, 0.29) is 12.5 Å². The number of ether oxygens (including phenoxy) is 2. The standard InChI is InChI=1S/C17H18N2O4S/c1-9(17(21)22-4)19-13-7-12(16-10(2)24-11(3)18-16)5-6-14(13)23-8-15(19)20/h5-7,9H,8H2,1-4H3. The van der Waals surface area contributed by atoms with E-state index in [4.69, 9.17) is 9.47 Å². The average molecular weight is 346 g/mol. The van der Waals surface area contributed by atoms with E-state index in [1.165, 1.54) is 12.0 Å². The van der Waals surface area contributed by atoms with Crippen LogP contribution in [0.5, 0.6) is 5.75 Å². The maximum Gasteiger partial charge on any atom is 0.328 e. The van der Waals surface area contributed by atoms with Gasteiger partial charge in [0.25, 0.3) is 5.91 Å². The number of methoxy groups -OCH3 is 1. The van der Waals surface area contributed by atoms with Crippen molar-refractivity contribution in [1.82, 2.24) is 4.98 Å². The van der Waals surface area contributed by atoms with Crippen LogP contribution in [0.4, 0.5) is 5.69 Å². The molecule has 1 aromatic carbocycles. The summed E-state index contributed by atoms with van der Waals surface area (Å²) in [7, 11) is 1.31. The summed E-state index contributed by atoms with van der Waals surface area (Å²) in [6.07, 6.45) is 0. The maximum absolute atomic E-state index is 12.3. The number of carbonyl (C=O) groups excluding carboxylic acids is 2. The Morgan fingerprint density at radius 1 is 1.42 bits per heavy atom. The lowest BCUT2D eigenvalue weighted by molar-refractivity contribution is -0.143. The summed E-state index contributed by atoms with van der Waals surface area (Å²) in [5.41, 5.74) is 2.33. The van der Waals surface area contributed by atoms with Crippen molar-refractivity contribution in [3.63, 3.8) is 0 Å². The van der Waals surface area contributed by atoms with Crippen molar-refractivity contribution in [2.45, 2.75) is 26.8 Å². The van der Waals surface area contributed by atoms with E-state index in [1.807, 2.05) is 32.0 Å². The highest BCUT2D eigenvalue weighted by Gasteiger charge is 2.34. The third kappa shape index (κ3) is 2.75. The molecule has 7 heteroatoms. The zero-order valence-electron chi connectivity index (χ0n) is 14.0. The summed E-state index contributed by atoms with van der Waals surface area (Å²) >= 11 is 1.62. The molecule has 1 atom stereocenters. The summed E-state index contributed by atoms with van der Waals surface area (Å²) in [6, 6.07) is 4.84. The minimum absolute atomic E-state index is 0.0947. The van der Waals surface area contributed by atoms with Crippen molar-refractivity contribution < 1.29 is 19.1 Å². The summed E-state index contributed by atoms with van der Waals surface area (Å²) in [4.78, 5) is 31.3. The second-order valence-electron chi connectivity index (χ2n) is 5.57. The highest BCUT2D eigenvalue weighted by Crippen LogP contribution is 2.38. The second kappa shape index (κ2) is 6.24. The zero-order valence-corrected chi connectivity index (χ0v) is 14.8. The van der Waals surface area contributed by atoms with Gasteiger partial charge in [-0.05, 0) is 39.0 Å².